The smallest absolute Gasteiger partial charge is 0.159 e. The van der Waals surface area contributed by atoms with Crippen LogP contribution in [-0.2, 0) is 9.22 Å². The molecular formula is C15H14O3S. The maximum absolute atomic E-state index is 11.2. The predicted octanol–water partition coefficient (Wildman–Crippen LogP) is 4.14. The third-order valence-corrected chi connectivity index (χ3v) is 3.31. The van der Waals surface area contributed by atoms with Crippen molar-refractivity contribution in [2.45, 2.75) is 11.8 Å². The van der Waals surface area contributed by atoms with Crippen LogP contribution in [-0.4, -0.2) is 12.9 Å². The Morgan fingerprint density at radius 2 is 1.79 bits per heavy atom. The Kier molecular flexibility index (Phi) is 4.74. The summed E-state index contributed by atoms with van der Waals surface area (Å²) in [7, 11) is 1.47. The Morgan fingerprint density at radius 3 is 2.42 bits per heavy atom. The van der Waals surface area contributed by atoms with Crippen LogP contribution in [0.25, 0.3) is 11.1 Å². The summed E-state index contributed by atoms with van der Waals surface area (Å²) in [5.41, 5.74) is 2.85. The minimum absolute atomic E-state index is 0.0735. The first kappa shape index (κ1) is 13.8. The highest BCUT2D eigenvalue weighted by molar-refractivity contribution is 7.94. The molecule has 0 aliphatic carbocycles. The first-order chi connectivity index (χ1) is 9.20. The summed E-state index contributed by atoms with van der Waals surface area (Å²) in [6.45, 7) is 1.56. The molecule has 3 nitrogen and oxygen atoms in total. The number of rotatable bonds is 5. The van der Waals surface area contributed by atoms with E-state index >= 15 is 0 Å². The fraction of sp³-hybridized carbons (Fsp3) is 0.133. The van der Waals surface area contributed by atoms with Crippen LogP contribution >= 0.6 is 12.0 Å². The fourth-order valence-corrected chi connectivity index (χ4v) is 2.15. The molecule has 0 aliphatic rings. The summed E-state index contributed by atoms with van der Waals surface area (Å²) in [4.78, 5) is 16.7. The number of carbonyl (C=O) groups is 1. The van der Waals surface area contributed by atoms with Gasteiger partial charge < -0.3 is 0 Å². The first-order valence-electron chi connectivity index (χ1n) is 5.79. The van der Waals surface area contributed by atoms with Crippen molar-refractivity contribution in [1.82, 2.24) is 0 Å². The van der Waals surface area contributed by atoms with Gasteiger partial charge in [0.25, 0.3) is 0 Å². The number of benzene rings is 2. The zero-order valence-corrected chi connectivity index (χ0v) is 11.6. The maximum Gasteiger partial charge on any atom is 0.159 e. The third-order valence-electron chi connectivity index (χ3n) is 2.66. The summed E-state index contributed by atoms with van der Waals surface area (Å²) < 4.78 is 4.83. The highest BCUT2D eigenvalue weighted by Crippen LogP contribution is 2.26. The largest absolute Gasteiger partial charge is 0.295 e. The Hall–Kier alpha value is -1.62. The molecule has 0 amide bonds. The molecule has 19 heavy (non-hydrogen) atoms. The van der Waals surface area contributed by atoms with Crippen molar-refractivity contribution in [2.75, 3.05) is 7.11 Å². The molecule has 2 aromatic rings. The van der Waals surface area contributed by atoms with Crippen molar-refractivity contribution >= 4 is 17.8 Å². The molecule has 2 aromatic carbocycles. The second-order valence-corrected chi connectivity index (χ2v) is 4.75. The molecule has 98 valence electrons. The van der Waals surface area contributed by atoms with E-state index in [2.05, 4.69) is 4.89 Å². The van der Waals surface area contributed by atoms with Crippen LogP contribution in [0.5, 0.6) is 0 Å². The van der Waals surface area contributed by atoms with Crippen molar-refractivity contribution < 1.29 is 14.0 Å². The van der Waals surface area contributed by atoms with Gasteiger partial charge in [0.2, 0.25) is 0 Å². The summed E-state index contributed by atoms with van der Waals surface area (Å²) >= 11 is 1.16. The van der Waals surface area contributed by atoms with E-state index in [1.54, 1.807) is 6.92 Å². The van der Waals surface area contributed by atoms with Gasteiger partial charge in [-0.25, -0.2) is 4.89 Å². The van der Waals surface area contributed by atoms with Gasteiger partial charge in [0, 0.05) is 10.5 Å². The van der Waals surface area contributed by atoms with Crippen molar-refractivity contribution in [3.63, 3.8) is 0 Å². The molecule has 0 atom stereocenters. The molecule has 0 radical (unpaired) electrons. The van der Waals surface area contributed by atoms with Crippen LogP contribution in [0.3, 0.4) is 0 Å². The fourth-order valence-electron chi connectivity index (χ4n) is 1.70. The Bertz CT molecular complexity index is 564. The van der Waals surface area contributed by atoms with Crippen LogP contribution in [0.4, 0.5) is 0 Å². The summed E-state index contributed by atoms with van der Waals surface area (Å²) in [5, 5.41) is 0. The number of hydrogen-bond acceptors (Lipinski definition) is 4. The van der Waals surface area contributed by atoms with Gasteiger partial charge >= 0.3 is 0 Å². The zero-order valence-electron chi connectivity index (χ0n) is 10.8. The summed E-state index contributed by atoms with van der Waals surface area (Å²) in [6, 6.07) is 15.5. The maximum atomic E-state index is 11.2. The number of ketones is 1. The predicted molar refractivity (Wildman–Crippen MR) is 75.8 cm³/mol. The number of Topliss-reactive ketones (excluding diaryl/α,β-unsaturated/α-hetero) is 1. The van der Waals surface area contributed by atoms with Crippen molar-refractivity contribution in [2.24, 2.45) is 0 Å². The molecule has 0 aromatic heterocycles. The lowest BCUT2D eigenvalue weighted by Gasteiger charge is -2.05. The Morgan fingerprint density at radius 1 is 1.05 bits per heavy atom. The second kappa shape index (κ2) is 6.52. The van der Waals surface area contributed by atoms with E-state index in [0.29, 0.717) is 0 Å². The molecule has 0 saturated heterocycles. The standard InChI is InChI=1S/C15H14O3S/c1-11(16)12-6-8-13(9-7-12)14-4-3-5-15(10-14)19-18-17-2/h3-10H,1-2H3. The van der Waals surface area contributed by atoms with E-state index in [9.17, 15) is 4.79 Å². The van der Waals surface area contributed by atoms with Crippen LogP contribution in [0.1, 0.15) is 17.3 Å². The normalized spacial score (nSPS) is 10.4. The molecule has 0 unspecified atom stereocenters. The van der Waals surface area contributed by atoms with E-state index in [1.807, 2.05) is 48.5 Å². The molecule has 0 N–H and O–H groups in total. The van der Waals surface area contributed by atoms with Crippen LogP contribution in [0.15, 0.2) is 53.4 Å². The SMILES string of the molecule is COOSc1cccc(-c2ccc(C(C)=O)cc2)c1. The molecule has 2 rings (SSSR count). The highest BCUT2D eigenvalue weighted by Gasteiger charge is 2.03. The highest BCUT2D eigenvalue weighted by atomic mass is 32.2. The minimum atomic E-state index is 0.0735. The summed E-state index contributed by atoms with van der Waals surface area (Å²) in [5.74, 6) is 0.0735. The van der Waals surface area contributed by atoms with Crippen LogP contribution in [0.2, 0.25) is 0 Å². The van der Waals surface area contributed by atoms with Crippen molar-refractivity contribution in [3.8, 4) is 11.1 Å². The molecule has 0 heterocycles. The molecule has 0 bridgehead atoms. The number of hydrogen-bond donors (Lipinski definition) is 0. The van der Waals surface area contributed by atoms with Gasteiger partial charge in [-0.3, -0.25) is 4.79 Å². The van der Waals surface area contributed by atoms with Gasteiger partial charge in [-0.1, -0.05) is 36.4 Å². The monoisotopic (exact) mass is 274 g/mol. The zero-order chi connectivity index (χ0) is 13.7. The van der Waals surface area contributed by atoms with Gasteiger partial charge in [-0.2, -0.15) is 4.33 Å². The van der Waals surface area contributed by atoms with E-state index in [1.165, 1.54) is 7.11 Å². The van der Waals surface area contributed by atoms with Gasteiger partial charge in [0.1, 0.15) is 0 Å². The lowest BCUT2D eigenvalue weighted by Crippen LogP contribution is -1.90. The molecular weight excluding hydrogens is 260 g/mol. The van der Waals surface area contributed by atoms with Gasteiger partial charge in [-0.05, 0) is 30.2 Å². The first-order valence-corrected chi connectivity index (χ1v) is 6.53. The quantitative estimate of drug-likeness (QED) is 0.355. The van der Waals surface area contributed by atoms with E-state index < -0.39 is 0 Å². The number of carbonyl (C=O) groups excluding carboxylic acids is 1. The second-order valence-electron chi connectivity index (χ2n) is 3.98. The third kappa shape index (κ3) is 3.67. The molecule has 4 heteroatoms. The Balaban J connectivity index is 2.23. The summed E-state index contributed by atoms with van der Waals surface area (Å²) in [6.07, 6.45) is 0. The van der Waals surface area contributed by atoms with Crippen LogP contribution < -0.4 is 0 Å². The average molecular weight is 274 g/mol. The lowest BCUT2D eigenvalue weighted by atomic mass is 10.0. The van der Waals surface area contributed by atoms with Crippen molar-refractivity contribution in [3.05, 3.63) is 54.1 Å². The minimum Gasteiger partial charge on any atom is -0.295 e. The topological polar surface area (TPSA) is 35.5 Å². The van der Waals surface area contributed by atoms with Gasteiger partial charge in [0.15, 0.2) is 5.78 Å². The van der Waals surface area contributed by atoms with E-state index in [0.717, 1.165) is 33.6 Å². The molecule has 0 spiro atoms. The Labute approximate surface area is 116 Å². The molecule has 0 saturated carbocycles. The lowest BCUT2D eigenvalue weighted by molar-refractivity contribution is -0.160. The van der Waals surface area contributed by atoms with Crippen LogP contribution in [0, 0.1) is 0 Å². The van der Waals surface area contributed by atoms with E-state index in [4.69, 9.17) is 4.33 Å². The molecule has 0 aliphatic heterocycles. The average Bonchev–Trinajstić information content (AvgIpc) is 2.45. The molecule has 0 fully saturated rings. The van der Waals surface area contributed by atoms with Gasteiger partial charge in [-0.15, -0.1) is 0 Å². The van der Waals surface area contributed by atoms with Gasteiger partial charge in [0.05, 0.1) is 19.2 Å². The van der Waals surface area contributed by atoms with E-state index in [-0.39, 0.29) is 5.78 Å². The van der Waals surface area contributed by atoms with Crippen molar-refractivity contribution in [1.29, 1.82) is 0 Å².